The molecule has 4 rings (SSSR count). The van der Waals surface area contributed by atoms with Crippen molar-refractivity contribution < 1.29 is 13.2 Å². The molecule has 0 bridgehead atoms. The number of anilines is 1. The van der Waals surface area contributed by atoms with E-state index < -0.39 is 10.0 Å². The second-order valence-electron chi connectivity index (χ2n) is 7.18. The Morgan fingerprint density at radius 3 is 2.65 bits per heavy atom. The van der Waals surface area contributed by atoms with Gasteiger partial charge in [-0.25, -0.2) is 13.1 Å². The molecule has 3 N–H and O–H groups in total. The smallest absolute Gasteiger partial charge is 0.258 e. The molecule has 7 heteroatoms. The molecule has 138 valence electrons. The fourth-order valence-electron chi connectivity index (χ4n) is 4.30. The summed E-state index contributed by atoms with van der Waals surface area (Å²) >= 11 is 0. The largest absolute Gasteiger partial charge is 0.329 e. The van der Waals surface area contributed by atoms with Gasteiger partial charge in [-0.1, -0.05) is 25.0 Å². The van der Waals surface area contributed by atoms with Gasteiger partial charge < -0.3 is 10.6 Å². The minimum atomic E-state index is -3.74. The summed E-state index contributed by atoms with van der Waals surface area (Å²) < 4.78 is 29.0. The molecule has 1 atom stereocenters. The summed E-state index contributed by atoms with van der Waals surface area (Å²) in [5, 5.41) is 1.28. The summed E-state index contributed by atoms with van der Waals surface area (Å²) in [5.41, 5.74) is 7.15. The molecule has 2 aromatic carbocycles. The number of carbonyl (C=O) groups excluding carboxylic acids is 1. The van der Waals surface area contributed by atoms with E-state index in [-0.39, 0.29) is 23.4 Å². The zero-order valence-corrected chi connectivity index (χ0v) is 15.6. The van der Waals surface area contributed by atoms with E-state index in [4.69, 9.17) is 5.73 Å². The van der Waals surface area contributed by atoms with Crippen molar-refractivity contribution in [2.75, 3.05) is 18.5 Å². The van der Waals surface area contributed by atoms with Crippen LogP contribution in [-0.4, -0.2) is 34.0 Å². The Morgan fingerprint density at radius 1 is 1.23 bits per heavy atom. The van der Waals surface area contributed by atoms with Crippen LogP contribution in [0.25, 0.3) is 10.8 Å². The van der Waals surface area contributed by atoms with Crippen LogP contribution in [0.3, 0.4) is 0 Å². The first-order valence-corrected chi connectivity index (χ1v) is 10.5. The third-order valence-corrected chi connectivity index (χ3v) is 7.24. The zero-order valence-electron chi connectivity index (χ0n) is 14.7. The van der Waals surface area contributed by atoms with Crippen LogP contribution in [0.5, 0.6) is 0 Å². The van der Waals surface area contributed by atoms with Gasteiger partial charge in [0, 0.05) is 36.0 Å². The Hall–Kier alpha value is -1.96. The van der Waals surface area contributed by atoms with Crippen LogP contribution in [-0.2, 0) is 10.0 Å². The number of amides is 1. The molecule has 0 saturated heterocycles. The van der Waals surface area contributed by atoms with Crippen molar-refractivity contribution in [1.82, 2.24) is 4.72 Å². The molecular weight excluding hydrogens is 350 g/mol. The van der Waals surface area contributed by atoms with Crippen molar-refractivity contribution in [2.45, 2.75) is 36.6 Å². The molecule has 1 heterocycles. The Bertz CT molecular complexity index is 981. The predicted molar refractivity (Wildman–Crippen MR) is 102 cm³/mol. The molecule has 1 aliphatic carbocycles. The highest BCUT2D eigenvalue weighted by Crippen LogP contribution is 2.39. The van der Waals surface area contributed by atoms with E-state index in [1.165, 1.54) is 0 Å². The van der Waals surface area contributed by atoms with E-state index in [0.29, 0.717) is 22.3 Å². The number of nitrogens with zero attached hydrogens (tertiary/aromatic N) is 1. The van der Waals surface area contributed by atoms with Gasteiger partial charge in [-0.15, -0.1) is 0 Å². The molecule has 0 radical (unpaired) electrons. The summed E-state index contributed by atoms with van der Waals surface area (Å²) in [7, 11) is -2.03. The number of carbonyl (C=O) groups is 1. The fourth-order valence-corrected chi connectivity index (χ4v) is 5.82. The van der Waals surface area contributed by atoms with Crippen LogP contribution in [0.15, 0.2) is 35.2 Å². The molecule has 1 unspecified atom stereocenters. The minimum Gasteiger partial charge on any atom is -0.329 e. The Balaban J connectivity index is 1.78. The van der Waals surface area contributed by atoms with Gasteiger partial charge in [0.25, 0.3) is 5.91 Å². The number of sulfonamides is 1. The maximum atomic E-state index is 13.1. The predicted octanol–water partition coefficient (Wildman–Crippen LogP) is 2.23. The normalized spacial score (nSPS) is 18.8. The SMILES string of the molecule is CN1C(=O)c2cccc3c(S(=O)(=O)NC(CN)C4CCCC4)ccc1c23. The molecule has 6 nitrogen and oxygen atoms in total. The first kappa shape index (κ1) is 17.5. The van der Waals surface area contributed by atoms with E-state index in [0.717, 1.165) is 31.4 Å². The Morgan fingerprint density at radius 2 is 1.96 bits per heavy atom. The number of rotatable bonds is 5. The molecule has 0 spiro atoms. The van der Waals surface area contributed by atoms with Gasteiger partial charge in [0.15, 0.2) is 0 Å². The van der Waals surface area contributed by atoms with Crippen molar-refractivity contribution in [3.05, 3.63) is 35.9 Å². The molecule has 0 aromatic heterocycles. The quantitative estimate of drug-likeness (QED) is 0.840. The van der Waals surface area contributed by atoms with Crippen LogP contribution >= 0.6 is 0 Å². The number of hydrogen-bond acceptors (Lipinski definition) is 4. The van der Waals surface area contributed by atoms with E-state index >= 15 is 0 Å². The number of nitrogens with two attached hydrogens (primary N) is 1. The van der Waals surface area contributed by atoms with Crippen LogP contribution in [0.1, 0.15) is 36.0 Å². The van der Waals surface area contributed by atoms with Gasteiger partial charge in [-0.05, 0) is 37.0 Å². The van der Waals surface area contributed by atoms with E-state index in [1.54, 1.807) is 42.3 Å². The first-order chi connectivity index (χ1) is 12.4. The van der Waals surface area contributed by atoms with Gasteiger partial charge in [-0.3, -0.25) is 4.79 Å². The van der Waals surface area contributed by atoms with Crippen LogP contribution in [0, 0.1) is 5.92 Å². The summed E-state index contributed by atoms with van der Waals surface area (Å²) in [6, 6.07) is 8.27. The molecule has 1 amide bonds. The van der Waals surface area contributed by atoms with Crippen molar-refractivity contribution in [3.63, 3.8) is 0 Å². The summed E-state index contributed by atoms with van der Waals surface area (Å²) in [5.74, 6) is 0.179. The maximum absolute atomic E-state index is 13.1. The monoisotopic (exact) mass is 373 g/mol. The molecule has 1 saturated carbocycles. The van der Waals surface area contributed by atoms with Gasteiger partial charge in [0.05, 0.1) is 10.6 Å². The van der Waals surface area contributed by atoms with Crippen LogP contribution < -0.4 is 15.4 Å². The molecule has 1 aliphatic heterocycles. The number of benzene rings is 2. The molecule has 1 fully saturated rings. The van der Waals surface area contributed by atoms with Gasteiger partial charge in [-0.2, -0.15) is 0 Å². The highest BCUT2D eigenvalue weighted by Gasteiger charge is 2.32. The Kier molecular flexibility index (Phi) is 4.25. The molecule has 2 aromatic rings. The number of nitrogens with one attached hydrogen (secondary N) is 1. The molecule has 26 heavy (non-hydrogen) atoms. The third kappa shape index (κ3) is 2.62. The second-order valence-corrected chi connectivity index (χ2v) is 8.87. The van der Waals surface area contributed by atoms with Crippen LogP contribution in [0.2, 0.25) is 0 Å². The lowest BCUT2D eigenvalue weighted by atomic mass is 9.99. The summed E-state index contributed by atoms with van der Waals surface area (Å²) in [4.78, 5) is 14.1. The van der Waals surface area contributed by atoms with Crippen molar-refractivity contribution in [3.8, 4) is 0 Å². The lowest BCUT2D eigenvalue weighted by Crippen LogP contribution is -2.44. The maximum Gasteiger partial charge on any atom is 0.258 e. The average Bonchev–Trinajstić information content (AvgIpc) is 3.25. The lowest BCUT2D eigenvalue weighted by molar-refractivity contribution is 0.0999. The Labute approximate surface area is 153 Å². The zero-order chi connectivity index (χ0) is 18.5. The van der Waals surface area contributed by atoms with E-state index in [2.05, 4.69) is 4.72 Å². The highest BCUT2D eigenvalue weighted by molar-refractivity contribution is 7.89. The lowest BCUT2D eigenvalue weighted by Gasteiger charge is -2.23. The fraction of sp³-hybridized carbons (Fsp3) is 0.421. The highest BCUT2D eigenvalue weighted by atomic mass is 32.2. The topological polar surface area (TPSA) is 92.5 Å². The molecular formula is C19H23N3O3S. The van der Waals surface area contributed by atoms with Gasteiger partial charge >= 0.3 is 0 Å². The first-order valence-electron chi connectivity index (χ1n) is 9.00. The van der Waals surface area contributed by atoms with Crippen molar-refractivity contribution >= 4 is 32.4 Å². The molecule has 2 aliphatic rings. The van der Waals surface area contributed by atoms with Gasteiger partial charge in [0.1, 0.15) is 0 Å². The van der Waals surface area contributed by atoms with E-state index in [1.807, 2.05) is 0 Å². The number of hydrogen-bond donors (Lipinski definition) is 2. The standard InChI is InChI=1S/C19H23N3O3S/c1-22-16-9-10-17(13-7-4-8-14(18(13)16)19(22)23)26(24,25)21-15(11-20)12-5-2-3-6-12/h4,7-10,12,15,21H,2-3,5-6,11,20H2,1H3. The van der Waals surface area contributed by atoms with Crippen LogP contribution in [0.4, 0.5) is 5.69 Å². The van der Waals surface area contributed by atoms with E-state index in [9.17, 15) is 13.2 Å². The van der Waals surface area contributed by atoms with Gasteiger partial charge in [0.2, 0.25) is 10.0 Å². The van der Waals surface area contributed by atoms with Crippen molar-refractivity contribution in [2.24, 2.45) is 11.7 Å². The summed E-state index contributed by atoms with van der Waals surface area (Å²) in [6.45, 7) is 0.284. The summed E-state index contributed by atoms with van der Waals surface area (Å²) in [6.07, 6.45) is 4.26. The third-order valence-electron chi connectivity index (χ3n) is 5.69. The van der Waals surface area contributed by atoms with Crippen molar-refractivity contribution in [1.29, 1.82) is 0 Å². The second kappa shape index (κ2) is 6.33. The average molecular weight is 373 g/mol. The minimum absolute atomic E-state index is 0.112.